The normalized spacial score (nSPS) is 20.7. The van der Waals surface area contributed by atoms with Gasteiger partial charge in [-0.05, 0) is 0 Å². The number of aryl methyl sites for hydroxylation is 2. The molecule has 0 spiro atoms. The number of benzene rings is 7. The van der Waals surface area contributed by atoms with E-state index in [9.17, 15) is 0 Å². The number of methoxy groups -OCH3 is 1. The van der Waals surface area contributed by atoms with Gasteiger partial charge in [0.15, 0.2) is 0 Å². The molecule has 2 fully saturated rings. The van der Waals surface area contributed by atoms with E-state index in [4.69, 9.17) is 4.74 Å². The van der Waals surface area contributed by atoms with Crippen LogP contribution in [-0.2, 0) is 12.8 Å². The Morgan fingerprint density at radius 3 is 1.32 bits per heavy atom. The van der Waals surface area contributed by atoms with Crippen molar-refractivity contribution >= 4 is 40.9 Å². The van der Waals surface area contributed by atoms with E-state index < -0.39 is 30.3 Å². The zero-order valence-corrected chi connectivity index (χ0v) is 50.3. The molecule has 5 atom stereocenters. The SMILES string of the molecule is CCCCP(c1ccccc1)N(CCCc1cc(CCCN([PH](C)(CCCC)c2ccccc2)[PH]2(C)[C@H](c3ccccc3)CC[C@H]2c2ccccc2)cc(OC)c1)[PH]1(C)[C@@H](c2ccccc2)CC[C@@H]1c1ccccc1. The predicted molar refractivity (Wildman–Crippen MR) is 340 cm³/mol. The van der Waals surface area contributed by atoms with Gasteiger partial charge in [0.05, 0.1) is 0 Å². The molecule has 0 amide bonds. The van der Waals surface area contributed by atoms with Gasteiger partial charge in [0.2, 0.25) is 0 Å². The van der Waals surface area contributed by atoms with E-state index in [2.05, 4.69) is 243 Å². The quantitative estimate of drug-likeness (QED) is 0.0531. The van der Waals surface area contributed by atoms with E-state index in [-0.39, 0.29) is 0 Å². The van der Waals surface area contributed by atoms with Gasteiger partial charge < -0.3 is 0 Å². The first kappa shape index (κ1) is 55.7. The number of unbranched alkanes of at least 4 members (excludes halogenated alkanes) is 2. The van der Waals surface area contributed by atoms with Crippen molar-refractivity contribution in [3.8, 4) is 5.75 Å². The van der Waals surface area contributed by atoms with Crippen LogP contribution in [0.3, 0.4) is 0 Å². The van der Waals surface area contributed by atoms with Crippen molar-refractivity contribution in [2.45, 2.75) is 114 Å². The molecule has 9 rings (SSSR count). The van der Waals surface area contributed by atoms with Crippen LogP contribution in [0.5, 0.6) is 5.75 Å². The molecule has 0 bridgehead atoms. The third kappa shape index (κ3) is 12.5. The summed E-state index contributed by atoms with van der Waals surface area (Å²) >= 11 is 0. The summed E-state index contributed by atoms with van der Waals surface area (Å²) in [6, 6.07) is 77.6. The third-order valence-corrected chi connectivity index (χ3v) is 40.8. The Kier molecular flexibility index (Phi) is 19.7. The second-order valence-corrected chi connectivity index (χ2v) is 38.7. The summed E-state index contributed by atoms with van der Waals surface area (Å²) in [5.74, 6) is 1.01. The van der Waals surface area contributed by atoms with Crippen molar-refractivity contribution in [2.75, 3.05) is 52.5 Å². The van der Waals surface area contributed by atoms with Crippen LogP contribution in [0.25, 0.3) is 0 Å². The minimum absolute atomic E-state index is 0.533. The molecule has 0 aliphatic carbocycles. The second-order valence-electron chi connectivity index (χ2n) is 22.7. The molecular weight excluding hydrogens is 985 g/mol. The topological polar surface area (TPSA) is 15.7 Å². The van der Waals surface area contributed by atoms with Gasteiger partial charge in [0.25, 0.3) is 0 Å². The standard InChI is InChI=1S/C68H90N2OP4/c1-7-9-51-72(63-41-25-15-26-42-63)69(74(5)65(58-33-17-11-18-34-58)45-46-66(74)59-35-19-12-20-36-59)49-29-31-56-53-57(55-62(54-56)71-3)32-30-50-70(73(4,52-10-8-2)64-43-27-16-28-44-64)75(6)67(60-37-21-13-22-38-60)47-48-68(75)61-39-23-14-24-40-61/h11-28,33-44,53-55,65-68,73-75H,7-10,29-32,45-52H2,1-6H3/t65-,66-,67+,68+,72?/m1/s1. The summed E-state index contributed by atoms with van der Waals surface area (Å²) in [6.45, 7) is 15.4. The summed E-state index contributed by atoms with van der Waals surface area (Å²) in [5.41, 5.74) is 11.4. The van der Waals surface area contributed by atoms with Crippen molar-refractivity contribution in [2.24, 2.45) is 0 Å². The monoisotopic (exact) mass is 1070 g/mol. The second kappa shape index (κ2) is 26.6. The molecule has 2 heterocycles. The van der Waals surface area contributed by atoms with Crippen molar-refractivity contribution in [1.29, 1.82) is 0 Å². The zero-order valence-electron chi connectivity index (χ0n) is 46.4. The van der Waals surface area contributed by atoms with E-state index in [0.717, 1.165) is 44.5 Å². The molecule has 7 heteroatoms. The summed E-state index contributed by atoms with van der Waals surface area (Å²) in [4.78, 5) is 0. The van der Waals surface area contributed by atoms with Crippen LogP contribution in [0.4, 0.5) is 0 Å². The fourth-order valence-electron chi connectivity index (χ4n) is 14.5. The maximum absolute atomic E-state index is 6.20. The number of hydrogen-bond donors (Lipinski definition) is 0. The Labute approximate surface area is 457 Å². The van der Waals surface area contributed by atoms with Gasteiger partial charge in [-0.15, -0.1) is 0 Å². The molecule has 3 nitrogen and oxygen atoms in total. The number of ether oxygens (including phenoxy) is 1. The first-order valence-corrected chi connectivity index (χ1v) is 38.4. The first-order chi connectivity index (χ1) is 36.7. The van der Waals surface area contributed by atoms with E-state index in [0.29, 0.717) is 22.6 Å². The molecule has 0 radical (unpaired) electrons. The summed E-state index contributed by atoms with van der Waals surface area (Å²) in [7, 11) is -5.35. The molecule has 7 aromatic rings. The fraction of sp³-hybridized carbons (Fsp3) is 0.382. The molecule has 75 heavy (non-hydrogen) atoms. The Balaban J connectivity index is 1.04. The molecule has 0 saturated carbocycles. The first-order valence-electron chi connectivity index (χ1n) is 29.0. The molecule has 0 N–H and O–H groups in total. The van der Waals surface area contributed by atoms with Crippen LogP contribution < -0.4 is 15.3 Å². The van der Waals surface area contributed by atoms with Crippen LogP contribution in [0, 0.1) is 0 Å². The summed E-state index contributed by atoms with van der Waals surface area (Å²) in [6.07, 6.45) is 17.0. The van der Waals surface area contributed by atoms with Crippen molar-refractivity contribution in [3.63, 3.8) is 0 Å². The van der Waals surface area contributed by atoms with Gasteiger partial charge in [-0.25, -0.2) is 0 Å². The van der Waals surface area contributed by atoms with Crippen molar-refractivity contribution in [3.05, 3.63) is 234 Å². The van der Waals surface area contributed by atoms with E-state index >= 15 is 0 Å². The van der Waals surface area contributed by atoms with Gasteiger partial charge in [-0.2, -0.15) is 0 Å². The number of hydrogen-bond acceptors (Lipinski definition) is 3. The summed E-state index contributed by atoms with van der Waals surface area (Å²) < 4.78 is 12.8. The molecule has 0 aromatic heterocycles. The maximum atomic E-state index is 6.20. The van der Waals surface area contributed by atoms with Gasteiger partial charge in [0, 0.05) is 0 Å². The Morgan fingerprint density at radius 1 is 0.493 bits per heavy atom. The predicted octanol–water partition coefficient (Wildman–Crippen LogP) is 18.2. The van der Waals surface area contributed by atoms with E-state index in [1.807, 2.05) is 7.11 Å². The fourth-order valence-corrected chi connectivity index (χ4v) is 40.0. The number of rotatable bonds is 25. The molecule has 398 valence electrons. The van der Waals surface area contributed by atoms with Gasteiger partial charge in [0.1, 0.15) is 0 Å². The third-order valence-electron chi connectivity index (χ3n) is 18.3. The van der Waals surface area contributed by atoms with Crippen LogP contribution >= 0.6 is 30.3 Å². The molecule has 1 unspecified atom stereocenters. The molecule has 2 aliphatic heterocycles. The van der Waals surface area contributed by atoms with Crippen LogP contribution in [-0.4, -0.2) is 61.4 Å². The minimum atomic E-state index is -2.26. The van der Waals surface area contributed by atoms with Gasteiger partial charge in [-0.3, -0.25) is 0 Å². The van der Waals surface area contributed by atoms with Crippen LogP contribution in [0.1, 0.15) is 134 Å². The van der Waals surface area contributed by atoms with E-state index in [1.165, 1.54) is 74.8 Å². The Morgan fingerprint density at radius 2 is 0.893 bits per heavy atom. The van der Waals surface area contributed by atoms with Crippen molar-refractivity contribution < 1.29 is 4.74 Å². The van der Waals surface area contributed by atoms with Gasteiger partial charge >= 0.3 is 460 Å². The van der Waals surface area contributed by atoms with Crippen LogP contribution in [0.15, 0.2) is 200 Å². The molecule has 7 aromatic carbocycles. The average molecular weight is 1080 g/mol. The van der Waals surface area contributed by atoms with Crippen molar-refractivity contribution in [1.82, 2.24) is 8.88 Å². The Bertz CT molecular complexity index is 2690. The van der Waals surface area contributed by atoms with Crippen LogP contribution in [0.2, 0.25) is 0 Å². The molecule has 2 aliphatic rings. The average Bonchev–Trinajstić information content (AvgIpc) is 4.01. The summed E-state index contributed by atoms with van der Waals surface area (Å²) in [5, 5.41) is 3.17. The number of nitrogens with zero attached hydrogens (tertiary/aromatic N) is 2. The van der Waals surface area contributed by atoms with Gasteiger partial charge in [-0.1, -0.05) is 0 Å². The van der Waals surface area contributed by atoms with E-state index in [1.54, 1.807) is 32.9 Å². The Hall–Kier alpha value is -4.02. The molecule has 2 saturated heterocycles. The molecular formula is C68H90N2OP4. The zero-order chi connectivity index (χ0) is 52.1.